The maximum absolute atomic E-state index is 6.62. The van der Waals surface area contributed by atoms with Gasteiger partial charge >= 0.3 is 0 Å². The first-order valence-electron chi connectivity index (χ1n) is 23.5. The molecule has 10 aromatic carbocycles. The summed E-state index contributed by atoms with van der Waals surface area (Å²) in [5.74, 6) is 0. The van der Waals surface area contributed by atoms with Gasteiger partial charge in [-0.2, -0.15) is 0 Å². The van der Waals surface area contributed by atoms with Crippen molar-refractivity contribution in [2.45, 2.75) is 19.3 Å². The van der Waals surface area contributed by atoms with Gasteiger partial charge in [0.1, 0.15) is 11.2 Å². The molecule has 0 atom stereocenters. The molecule has 0 N–H and O–H groups in total. The molecule has 0 bridgehead atoms. The summed E-state index contributed by atoms with van der Waals surface area (Å²) in [6, 6.07) is 79.9. The number of nitrogens with zero attached hydrogens (tertiary/aromatic N) is 4. The van der Waals surface area contributed by atoms with E-state index in [1.54, 1.807) is 0 Å². The first kappa shape index (κ1) is 37.4. The minimum absolute atomic E-state index is 0.174. The summed E-state index contributed by atoms with van der Waals surface area (Å²) in [6.07, 6.45) is 0. The predicted octanol–water partition coefficient (Wildman–Crippen LogP) is 17.4. The summed E-state index contributed by atoms with van der Waals surface area (Å²) < 4.78 is 11.7. The average Bonchev–Trinajstić information content (AvgIpc) is 4.11. The number of anilines is 6. The molecule has 1 aliphatic rings. The van der Waals surface area contributed by atoms with Crippen LogP contribution in [0.3, 0.4) is 0 Å². The van der Waals surface area contributed by atoms with Gasteiger partial charge in [-0.15, -0.1) is 0 Å². The van der Waals surface area contributed by atoms with Gasteiger partial charge in [0.25, 0.3) is 0 Å². The molecule has 15 rings (SSSR count). The monoisotopic (exact) mass is 870 g/mol. The number of aromatic nitrogens is 2. The van der Waals surface area contributed by atoms with Crippen LogP contribution in [-0.2, 0) is 5.41 Å². The third-order valence-electron chi connectivity index (χ3n) is 15.0. The fourth-order valence-electron chi connectivity index (χ4n) is 12.1. The van der Waals surface area contributed by atoms with Crippen LogP contribution in [0.4, 0.5) is 34.1 Å². The summed E-state index contributed by atoms with van der Waals surface area (Å²) in [5.41, 5.74) is 20.5. The Bertz CT molecular complexity index is 4330. The molecule has 14 aromatic rings. The zero-order valence-electron chi connectivity index (χ0n) is 37.5. The van der Waals surface area contributed by atoms with Crippen LogP contribution in [0, 0.1) is 0 Å². The molecule has 0 saturated carbocycles. The lowest BCUT2D eigenvalue weighted by Crippen LogP contribution is -2.16. The molecule has 4 heterocycles. The van der Waals surface area contributed by atoms with Crippen molar-refractivity contribution in [2.75, 3.05) is 9.80 Å². The van der Waals surface area contributed by atoms with E-state index in [2.05, 4.69) is 245 Å². The first-order chi connectivity index (χ1) is 33.5. The maximum atomic E-state index is 6.62. The van der Waals surface area contributed by atoms with E-state index in [9.17, 15) is 0 Å². The van der Waals surface area contributed by atoms with E-state index in [4.69, 9.17) is 4.42 Å². The van der Waals surface area contributed by atoms with Crippen LogP contribution in [0.5, 0.6) is 0 Å². The largest absolute Gasteiger partial charge is 0.456 e. The topological polar surface area (TPSA) is 28.4 Å². The highest BCUT2D eigenvalue weighted by molar-refractivity contribution is 6.27. The van der Waals surface area contributed by atoms with E-state index in [1.165, 1.54) is 65.9 Å². The molecule has 68 heavy (non-hydrogen) atoms. The highest BCUT2D eigenvalue weighted by atomic mass is 16.3. The van der Waals surface area contributed by atoms with E-state index < -0.39 is 0 Å². The van der Waals surface area contributed by atoms with Crippen molar-refractivity contribution in [1.29, 1.82) is 0 Å². The average molecular weight is 871 g/mol. The van der Waals surface area contributed by atoms with Gasteiger partial charge < -0.3 is 23.0 Å². The molecule has 0 aliphatic heterocycles. The standard InChI is InChI=1S/C63H42N4O/c1-63(2)49-25-13-9-21-43(49)44-31-29-41(37-50(44)63)65(42-30-32-46-45-22-12-16-28-57(45)68-58(46)38-42)54-34-36-56-62-60(54)48-24-11-15-27-52(48)67(62)55-35-33-53(59-47-23-10-14-26-51(47)66(56)61(55)59)64(39-17-5-3-6-18-39)40-19-7-4-8-20-40/h3-38H,1-2H3. The minimum atomic E-state index is -0.174. The molecular weight excluding hydrogens is 829 g/mol. The number of hydrogen-bond donors (Lipinski definition) is 0. The van der Waals surface area contributed by atoms with Gasteiger partial charge in [-0.05, 0) is 113 Å². The molecule has 0 fully saturated rings. The van der Waals surface area contributed by atoms with Crippen molar-refractivity contribution in [2.24, 2.45) is 0 Å². The van der Waals surface area contributed by atoms with Gasteiger partial charge in [-0.25, -0.2) is 0 Å². The molecule has 4 aromatic heterocycles. The summed E-state index contributed by atoms with van der Waals surface area (Å²) in [6.45, 7) is 4.73. The second-order valence-electron chi connectivity index (χ2n) is 18.9. The highest BCUT2D eigenvalue weighted by Gasteiger charge is 2.36. The van der Waals surface area contributed by atoms with Crippen LogP contribution in [0.15, 0.2) is 223 Å². The van der Waals surface area contributed by atoms with E-state index in [0.29, 0.717) is 0 Å². The summed E-state index contributed by atoms with van der Waals surface area (Å²) in [5, 5.41) is 7.06. The fourth-order valence-corrected chi connectivity index (χ4v) is 12.1. The van der Waals surface area contributed by atoms with Crippen molar-refractivity contribution in [3.63, 3.8) is 0 Å². The van der Waals surface area contributed by atoms with Crippen LogP contribution in [-0.4, -0.2) is 8.80 Å². The zero-order valence-corrected chi connectivity index (χ0v) is 37.5. The lowest BCUT2D eigenvalue weighted by atomic mass is 9.82. The van der Waals surface area contributed by atoms with Crippen LogP contribution < -0.4 is 9.80 Å². The van der Waals surface area contributed by atoms with Crippen LogP contribution in [0.1, 0.15) is 25.0 Å². The van der Waals surface area contributed by atoms with Crippen LogP contribution >= 0.6 is 0 Å². The van der Waals surface area contributed by atoms with Crippen molar-refractivity contribution in [3.8, 4) is 11.1 Å². The molecule has 0 spiro atoms. The Hall–Kier alpha value is -8.80. The van der Waals surface area contributed by atoms with E-state index in [0.717, 1.165) is 67.1 Å². The second-order valence-corrected chi connectivity index (χ2v) is 18.9. The Balaban J connectivity index is 1.05. The number of fused-ring (bicyclic) bond motifs is 14. The Labute approximate surface area is 391 Å². The van der Waals surface area contributed by atoms with Gasteiger partial charge in [-0.1, -0.05) is 135 Å². The summed E-state index contributed by atoms with van der Waals surface area (Å²) >= 11 is 0. The summed E-state index contributed by atoms with van der Waals surface area (Å²) in [7, 11) is 0. The van der Waals surface area contributed by atoms with Gasteiger partial charge in [0.05, 0.1) is 44.5 Å². The Kier molecular flexibility index (Phi) is 7.50. The quantitative estimate of drug-likeness (QED) is 0.156. The Morgan fingerprint density at radius 2 is 0.838 bits per heavy atom. The number of benzene rings is 10. The number of para-hydroxylation sites is 5. The molecule has 320 valence electrons. The number of hydrogen-bond acceptors (Lipinski definition) is 3. The van der Waals surface area contributed by atoms with Crippen molar-refractivity contribution in [3.05, 3.63) is 230 Å². The van der Waals surface area contributed by atoms with E-state index >= 15 is 0 Å². The van der Waals surface area contributed by atoms with Gasteiger partial charge in [0, 0.05) is 66.5 Å². The normalized spacial score (nSPS) is 13.3. The number of furan rings is 1. The lowest BCUT2D eigenvalue weighted by molar-refractivity contribution is 0.660. The highest BCUT2D eigenvalue weighted by Crippen LogP contribution is 2.53. The molecule has 0 radical (unpaired) electrons. The number of rotatable bonds is 6. The Morgan fingerprint density at radius 1 is 0.353 bits per heavy atom. The van der Waals surface area contributed by atoms with Crippen molar-refractivity contribution < 1.29 is 4.42 Å². The van der Waals surface area contributed by atoms with Crippen molar-refractivity contribution >= 4 is 111 Å². The smallest absolute Gasteiger partial charge is 0.137 e. The van der Waals surface area contributed by atoms with Crippen LogP contribution in [0.25, 0.3) is 87.7 Å². The molecule has 5 nitrogen and oxygen atoms in total. The summed E-state index contributed by atoms with van der Waals surface area (Å²) in [4.78, 5) is 4.88. The van der Waals surface area contributed by atoms with E-state index in [1.807, 2.05) is 6.07 Å². The SMILES string of the molecule is CC1(C)c2ccccc2-c2ccc(N(c3ccc4c(c3)oc3ccccc34)c3ccc4c5c3c3ccccc3n5c3ccc(N(c5ccccc5)c5ccccc5)c5c6ccccc6n4c53)cc21. The molecular formula is C63H42N4O. The minimum Gasteiger partial charge on any atom is -0.456 e. The van der Waals surface area contributed by atoms with Gasteiger partial charge in [0.15, 0.2) is 0 Å². The molecule has 0 amide bonds. The third kappa shape index (κ3) is 4.94. The lowest BCUT2D eigenvalue weighted by Gasteiger charge is -2.29. The zero-order chi connectivity index (χ0) is 44.8. The second kappa shape index (κ2) is 13.6. The van der Waals surface area contributed by atoms with Gasteiger partial charge in [0.2, 0.25) is 0 Å². The van der Waals surface area contributed by atoms with Crippen molar-refractivity contribution in [1.82, 2.24) is 8.80 Å². The van der Waals surface area contributed by atoms with Crippen LogP contribution in [0.2, 0.25) is 0 Å². The maximum Gasteiger partial charge on any atom is 0.137 e. The first-order valence-corrected chi connectivity index (χ1v) is 23.5. The van der Waals surface area contributed by atoms with E-state index in [-0.39, 0.29) is 5.41 Å². The molecule has 0 saturated heterocycles. The fraction of sp³-hybridized carbons (Fsp3) is 0.0476. The predicted molar refractivity (Wildman–Crippen MR) is 284 cm³/mol. The Morgan fingerprint density at radius 3 is 1.49 bits per heavy atom. The molecule has 1 aliphatic carbocycles. The van der Waals surface area contributed by atoms with Gasteiger partial charge in [-0.3, -0.25) is 0 Å². The third-order valence-corrected chi connectivity index (χ3v) is 15.0. The molecule has 0 unspecified atom stereocenters. The molecule has 5 heteroatoms.